The predicted octanol–water partition coefficient (Wildman–Crippen LogP) is 2.02. The molecule has 2 heterocycles. The third-order valence-electron chi connectivity index (χ3n) is 3.70. The number of ether oxygens (including phenoxy) is 1. The van der Waals surface area contributed by atoms with E-state index in [-0.39, 0.29) is 11.9 Å². The molecule has 2 N–H and O–H groups in total. The number of nitrogens with zero attached hydrogens (tertiary/aromatic N) is 4. The fraction of sp³-hybridized carbons (Fsp3) is 0.500. The van der Waals surface area contributed by atoms with Gasteiger partial charge < -0.3 is 10.5 Å². The topological polar surface area (TPSA) is 78.9 Å². The van der Waals surface area contributed by atoms with Gasteiger partial charge in [0.05, 0.1) is 11.7 Å². The van der Waals surface area contributed by atoms with Crippen molar-refractivity contribution in [2.24, 2.45) is 0 Å². The van der Waals surface area contributed by atoms with Gasteiger partial charge in [0.25, 0.3) is 0 Å². The summed E-state index contributed by atoms with van der Waals surface area (Å²) in [7, 11) is 0. The van der Waals surface area contributed by atoms with E-state index in [4.69, 9.17) is 10.5 Å². The fourth-order valence-electron chi connectivity index (χ4n) is 2.56. The largest absolute Gasteiger partial charge is 0.399 e. The van der Waals surface area contributed by atoms with E-state index < -0.39 is 0 Å². The van der Waals surface area contributed by atoms with Crippen molar-refractivity contribution in [1.29, 1.82) is 0 Å². The maximum Gasteiger partial charge on any atom is 0.185 e. The molecular weight excluding hydrogens is 273 g/mol. The first kappa shape index (κ1) is 13.9. The zero-order valence-corrected chi connectivity index (χ0v) is 11.7. The minimum atomic E-state index is -0.380. The van der Waals surface area contributed by atoms with E-state index in [0.717, 1.165) is 25.9 Å². The molecule has 6 nitrogen and oxygen atoms in total. The van der Waals surface area contributed by atoms with E-state index >= 15 is 0 Å². The van der Waals surface area contributed by atoms with Gasteiger partial charge in [-0.05, 0) is 54.3 Å². The summed E-state index contributed by atoms with van der Waals surface area (Å²) in [6.07, 6.45) is 4.44. The van der Waals surface area contributed by atoms with Crippen LogP contribution in [0.1, 0.15) is 25.7 Å². The summed E-state index contributed by atoms with van der Waals surface area (Å²) in [6.45, 7) is 1.41. The van der Waals surface area contributed by atoms with Crippen LogP contribution in [-0.2, 0) is 11.3 Å². The molecule has 1 aromatic heterocycles. The second-order valence-electron chi connectivity index (χ2n) is 5.24. The number of halogens is 1. The van der Waals surface area contributed by atoms with E-state index in [1.807, 2.05) is 0 Å². The van der Waals surface area contributed by atoms with Crippen LogP contribution in [0, 0.1) is 5.82 Å². The molecule has 1 atom stereocenters. The Balaban J connectivity index is 1.75. The molecule has 1 fully saturated rings. The van der Waals surface area contributed by atoms with E-state index in [1.165, 1.54) is 18.6 Å². The molecule has 2 aromatic rings. The second-order valence-corrected chi connectivity index (χ2v) is 5.24. The van der Waals surface area contributed by atoms with Crippen LogP contribution in [0.25, 0.3) is 11.4 Å². The standard InChI is InChI=1S/C14H18FN5O/c15-13-5-4-10(16)9-12(13)14-17-18-19-20(14)7-6-11-3-1-2-8-21-11/h4-5,9,11H,1-3,6-8,16H2. The molecular formula is C14H18FN5O. The van der Waals surface area contributed by atoms with Crippen molar-refractivity contribution in [2.75, 3.05) is 12.3 Å². The van der Waals surface area contributed by atoms with Crippen molar-refractivity contribution in [3.8, 4) is 11.4 Å². The van der Waals surface area contributed by atoms with Crippen molar-refractivity contribution < 1.29 is 9.13 Å². The molecule has 0 aliphatic carbocycles. The summed E-state index contributed by atoms with van der Waals surface area (Å²) < 4.78 is 21.2. The van der Waals surface area contributed by atoms with Gasteiger partial charge in [-0.25, -0.2) is 9.07 Å². The monoisotopic (exact) mass is 291 g/mol. The summed E-state index contributed by atoms with van der Waals surface area (Å²) in [5.41, 5.74) is 6.52. The van der Waals surface area contributed by atoms with Crippen LogP contribution in [-0.4, -0.2) is 32.9 Å². The Morgan fingerprint density at radius 2 is 2.29 bits per heavy atom. The van der Waals surface area contributed by atoms with Crippen LogP contribution >= 0.6 is 0 Å². The molecule has 112 valence electrons. The minimum Gasteiger partial charge on any atom is -0.399 e. The van der Waals surface area contributed by atoms with E-state index in [2.05, 4.69) is 15.5 Å². The zero-order valence-electron chi connectivity index (χ0n) is 11.7. The fourth-order valence-corrected chi connectivity index (χ4v) is 2.56. The first-order valence-electron chi connectivity index (χ1n) is 7.17. The Morgan fingerprint density at radius 3 is 3.10 bits per heavy atom. The van der Waals surface area contributed by atoms with Gasteiger partial charge in [0, 0.05) is 18.8 Å². The Bertz CT molecular complexity index is 609. The number of nitrogen functional groups attached to an aromatic ring is 1. The maximum absolute atomic E-state index is 13.9. The molecule has 1 unspecified atom stereocenters. The third kappa shape index (κ3) is 3.18. The van der Waals surface area contributed by atoms with E-state index in [0.29, 0.717) is 23.6 Å². The van der Waals surface area contributed by atoms with Gasteiger partial charge in [0.15, 0.2) is 5.82 Å². The first-order chi connectivity index (χ1) is 10.2. The molecule has 1 saturated heterocycles. The number of hydrogen-bond donors (Lipinski definition) is 1. The second kappa shape index (κ2) is 6.17. The van der Waals surface area contributed by atoms with Crippen LogP contribution in [0.15, 0.2) is 18.2 Å². The Hall–Kier alpha value is -2.02. The van der Waals surface area contributed by atoms with Crippen molar-refractivity contribution >= 4 is 5.69 Å². The number of aryl methyl sites for hydroxylation is 1. The summed E-state index contributed by atoms with van der Waals surface area (Å²) >= 11 is 0. The number of rotatable bonds is 4. The van der Waals surface area contributed by atoms with Gasteiger partial charge in [0.2, 0.25) is 0 Å². The number of tetrazole rings is 1. The van der Waals surface area contributed by atoms with Crippen LogP contribution in [0.2, 0.25) is 0 Å². The Morgan fingerprint density at radius 1 is 1.38 bits per heavy atom. The van der Waals surface area contributed by atoms with Gasteiger partial charge in [-0.3, -0.25) is 0 Å². The van der Waals surface area contributed by atoms with Gasteiger partial charge in [-0.15, -0.1) is 5.10 Å². The van der Waals surface area contributed by atoms with Gasteiger partial charge >= 0.3 is 0 Å². The first-order valence-corrected chi connectivity index (χ1v) is 7.17. The lowest BCUT2D eigenvalue weighted by Crippen LogP contribution is -2.21. The average Bonchev–Trinajstić information content (AvgIpc) is 2.97. The molecule has 3 rings (SSSR count). The molecule has 1 aliphatic heterocycles. The highest BCUT2D eigenvalue weighted by Crippen LogP contribution is 2.23. The Labute approximate surface area is 122 Å². The van der Waals surface area contributed by atoms with E-state index in [9.17, 15) is 4.39 Å². The van der Waals surface area contributed by atoms with Crippen molar-refractivity contribution in [1.82, 2.24) is 20.2 Å². The number of hydrogen-bond acceptors (Lipinski definition) is 5. The van der Waals surface area contributed by atoms with Crippen LogP contribution in [0.4, 0.5) is 10.1 Å². The van der Waals surface area contributed by atoms with Crippen molar-refractivity contribution in [3.63, 3.8) is 0 Å². The van der Waals surface area contributed by atoms with Gasteiger partial charge in [0.1, 0.15) is 5.82 Å². The molecule has 0 spiro atoms. The highest BCUT2D eigenvalue weighted by atomic mass is 19.1. The maximum atomic E-state index is 13.9. The lowest BCUT2D eigenvalue weighted by Gasteiger charge is -2.22. The molecule has 0 bridgehead atoms. The summed E-state index contributed by atoms with van der Waals surface area (Å²) in [5, 5.41) is 11.5. The van der Waals surface area contributed by atoms with Gasteiger partial charge in [-0.1, -0.05) is 0 Å². The number of nitrogens with two attached hydrogens (primary N) is 1. The van der Waals surface area contributed by atoms with Crippen LogP contribution in [0.5, 0.6) is 0 Å². The summed E-state index contributed by atoms with van der Waals surface area (Å²) in [5.74, 6) is 0.0183. The molecule has 7 heteroatoms. The highest BCUT2D eigenvalue weighted by molar-refractivity contribution is 5.61. The highest BCUT2D eigenvalue weighted by Gasteiger charge is 2.17. The lowest BCUT2D eigenvalue weighted by atomic mass is 10.1. The Kier molecular flexibility index (Phi) is 4.10. The number of benzene rings is 1. The lowest BCUT2D eigenvalue weighted by molar-refractivity contribution is 0.00828. The number of anilines is 1. The zero-order chi connectivity index (χ0) is 14.7. The normalized spacial score (nSPS) is 18.8. The van der Waals surface area contributed by atoms with Gasteiger partial charge in [-0.2, -0.15) is 0 Å². The molecule has 21 heavy (non-hydrogen) atoms. The third-order valence-corrected chi connectivity index (χ3v) is 3.70. The molecule has 0 radical (unpaired) electrons. The molecule has 0 saturated carbocycles. The summed E-state index contributed by atoms with van der Waals surface area (Å²) in [6, 6.07) is 4.39. The smallest absolute Gasteiger partial charge is 0.185 e. The predicted molar refractivity (Wildman–Crippen MR) is 75.8 cm³/mol. The molecule has 1 aromatic carbocycles. The quantitative estimate of drug-likeness (QED) is 0.872. The summed E-state index contributed by atoms with van der Waals surface area (Å²) in [4.78, 5) is 0. The van der Waals surface area contributed by atoms with Crippen LogP contribution in [0.3, 0.4) is 0 Å². The molecule has 1 aliphatic rings. The average molecular weight is 291 g/mol. The van der Waals surface area contributed by atoms with Crippen molar-refractivity contribution in [3.05, 3.63) is 24.0 Å². The number of aromatic nitrogens is 4. The SMILES string of the molecule is Nc1ccc(F)c(-c2nnnn2CCC2CCCCO2)c1. The molecule has 0 amide bonds. The van der Waals surface area contributed by atoms with E-state index in [1.54, 1.807) is 10.7 Å². The van der Waals surface area contributed by atoms with Crippen molar-refractivity contribution in [2.45, 2.75) is 38.3 Å². The van der Waals surface area contributed by atoms with Crippen LogP contribution < -0.4 is 5.73 Å². The minimum absolute atomic E-state index is 0.237.